The van der Waals surface area contributed by atoms with Gasteiger partial charge in [-0.05, 0) is 50.1 Å². The number of piperidine rings is 1. The summed E-state index contributed by atoms with van der Waals surface area (Å²) in [7, 11) is 0. The Hall–Kier alpha value is -2.10. The number of amides is 1. The van der Waals surface area contributed by atoms with E-state index in [9.17, 15) is 9.59 Å². The van der Waals surface area contributed by atoms with Crippen LogP contribution in [-0.4, -0.2) is 35.3 Å². The third-order valence-electron chi connectivity index (χ3n) is 5.00. The molecule has 1 amide bonds. The highest BCUT2D eigenvalue weighted by atomic mass is 16.5. The van der Waals surface area contributed by atoms with Crippen LogP contribution in [0.15, 0.2) is 24.3 Å². The van der Waals surface area contributed by atoms with Gasteiger partial charge >= 0.3 is 0 Å². The molecule has 0 saturated carbocycles. The number of nitrogens with zero attached hydrogens (tertiary/aromatic N) is 1. The number of fused-ring (bicyclic) bond motifs is 1. The van der Waals surface area contributed by atoms with Crippen LogP contribution in [0, 0.1) is 13.8 Å². The number of rotatable bonds is 1. The largest absolute Gasteiger partial charge is 0.486 e. The molecular formula is C19H23NO3. The number of hydrogen-bond acceptors (Lipinski definition) is 3. The number of Topliss-reactive ketones (excluding diaryl/α,β-unsaturated/α-hetero) is 1. The van der Waals surface area contributed by atoms with Crippen LogP contribution in [0.3, 0.4) is 0 Å². The van der Waals surface area contributed by atoms with E-state index in [1.54, 1.807) is 12.2 Å². The van der Waals surface area contributed by atoms with Crippen LogP contribution in [-0.2, 0) is 4.79 Å². The average Bonchev–Trinajstić information content (AvgIpc) is 2.50. The van der Waals surface area contributed by atoms with Crippen molar-refractivity contribution in [3.63, 3.8) is 0 Å². The molecule has 3 rings (SSSR count). The van der Waals surface area contributed by atoms with Crippen LogP contribution in [0.5, 0.6) is 5.75 Å². The van der Waals surface area contributed by atoms with Gasteiger partial charge in [0.15, 0.2) is 5.78 Å². The number of carbonyl (C=O) groups is 2. The second kappa shape index (κ2) is 5.84. The molecule has 0 N–H and O–H groups in total. The summed E-state index contributed by atoms with van der Waals surface area (Å²) < 4.78 is 6.28. The first kappa shape index (κ1) is 15.8. The summed E-state index contributed by atoms with van der Waals surface area (Å²) in [6.07, 6.45) is 5.16. The lowest BCUT2D eigenvalue weighted by atomic mass is 9.82. The Morgan fingerprint density at radius 1 is 1.22 bits per heavy atom. The van der Waals surface area contributed by atoms with Crippen molar-refractivity contribution in [3.8, 4) is 5.75 Å². The van der Waals surface area contributed by atoms with E-state index in [1.165, 1.54) is 0 Å². The van der Waals surface area contributed by atoms with E-state index in [0.29, 0.717) is 43.7 Å². The summed E-state index contributed by atoms with van der Waals surface area (Å²) in [6.45, 7) is 7.16. The van der Waals surface area contributed by atoms with Crippen molar-refractivity contribution in [1.82, 2.24) is 4.90 Å². The van der Waals surface area contributed by atoms with E-state index >= 15 is 0 Å². The Morgan fingerprint density at radius 3 is 2.52 bits per heavy atom. The topological polar surface area (TPSA) is 46.6 Å². The van der Waals surface area contributed by atoms with Gasteiger partial charge in [0.05, 0.1) is 12.0 Å². The maximum atomic E-state index is 12.6. The molecule has 1 aromatic rings. The van der Waals surface area contributed by atoms with E-state index < -0.39 is 5.60 Å². The van der Waals surface area contributed by atoms with Crippen molar-refractivity contribution in [2.24, 2.45) is 0 Å². The molecule has 4 nitrogen and oxygen atoms in total. The molecule has 0 aliphatic carbocycles. The lowest BCUT2D eigenvalue weighted by Crippen LogP contribution is -2.52. The second-order valence-electron chi connectivity index (χ2n) is 6.64. The average molecular weight is 313 g/mol. The summed E-state index contributed by atoms with van der Waals surface area (Å²) in [6, 6.07) is 3.91. The highest BCUT2D eigenvalue weighted by Gasteiger charge is 2.43. The zero-order valence-electron chi connectivity index (χ0n) is 14.0. The molecule has 23 heavy (non-hydrogen) atoms. The zero-order valence-corrected chi connectivity index (χ0v) is 14.0. The number of ketones is 1. The minimum absolute atomic E-state index is 0.0383. The number of aryl methyl sites for hydroxylation is 2. The van der Waals surface area contributed by atoms with Gasteiger partial charge in [-0.15, -0.1) is 0 Å². The lowest BCUT2D eigenvalue weighted by molar-refractivity contribution is -0.129. The normalized spacial score (nSPS) is 19.8. The third kappa shape index (κ3) is 2.90. The van der Waals surface area contributed by atoms with Crippen molar-refractivity contribution >= 4 is 11.7 Å². The van der Waals surface area contributed by atoms with E-state index in [0.717, 1.165) is 11.1 Å². The number of hydrogen-bond donors (Lipinski definition) is 0. The molecule has 1 spiro atoms. The molecule has 0 bridgehead atoms. The molecule has 2 aliphatic rings. The van der Waals surface area contributed by atoms with Gasteiger partial charge in [0.1, 0.15) is 11.4 Å². The molecule has 1 fully saturated rings. The summed E-state index contributed by atoms with van der Waals surface area (Å²) in [5.74, 6) is 0.900. The molecule has 4 heteroatoms. The Labute approximate surface area is 137 Å². The van der Waals surface area contributed by atoms with Crippen molar-refractivity contribution in [3.05, 3.63) is 41.0 Å². The molecule has 1 saturated heterocycles. The Balaban J connectivity index is 1.80. The summed E-state index contributed by atoms with van der Waals surface area (Å²) >= 11 is 0. The van der Waals surface area contributed by atoms with E-state index in [2.05, 4.69) is 0 Å². The third-order valence-corrected chi connectivity index (χ3v) is 5.00. The highest BCUT2D eigenvalue weighted by molar-refractivity contribution is 6.00. The van der Waals surface area contributed by atoms with Crippen LogP contribution in [0.2, 0.25) is 0 Å². The fourth-order valence-electron chi connectivity index (χ4n) is 3.41. The minimum Gasteiger partial charge on any atom is -0.486 e. The van der Waals surface area contributed by atoms with Gasteiger partial charge in [0, 0.05) is 25.9 Å². The maximum Gasteiger partial charge on any atom is 0.246 e. The fourth-order valence-corrected chi connectivity index (χ4v) is 3.41. The van der Waals surface area contributed by atoms with Gasteiger partial charge in [0.25, 0.3) is 0 Å². The van der Waals surface area contributed by atoms with Gasteiger partial charge < -0.3 is 9.64 Å². The first-order valence-electron chi connectivity index (χ1n) is 8.19. The van der Waals surface area contributed by atoms with Crippen LogP contribution in [0.4, 0.5) is 0 Å². The Bertz CT molecular complexity index is 682. The van der Waals surface area contributed by atoms with Crippen LogP contribution >= 0.6 is 0 Å². The second-order valence-corrected chi connectivity index (χ2v) is 6.64. The lowest BCUT2D eigenvalue weighted by Gasteiger charge is -2.44. The molecular weight excluding hydrogens is 290 g/mol. The fraction of sp³-hybridized carbons (Fsp3) is 0.474. The molecule has 122 valence electrons. The quantitative estimate of drug-likeness (QED) is 0.748. The molecule has 0 aromatic heterocycles. The van der Waals surface area contributed by atoms with Crippen molar-refractivity contribution in [2.45, 2.75) is 45.6 Å². The molecule has 1 aromatic carbocycles. The van der Waals surface area contributed by atoms with Gasteiger partial charge in [-0.1, -0.05) is 6.08 Å². The number of benzene rings is 1. The van der Waals surface area contributed by atoms with Crippen molar-refractivity contribution in [2.75, 3.05) is 13.1 Å². The SMILES string of the molecule is C/C=C/C(=O)N1CCC2(CC1)CC(=O)c1cc(C)c(C)cc1O2. The standard InChI is InChI=1S/C19H23NO3/c1-4-5-18(22)20-8-6-19(7-9-20)12-16(21)15-10-13(2)14(3)11-17(15)23-19/h4-5,10-11H,6-9,12H2,1-3H3/b5-4+. The molecule has 2 aliphatic heterocycles. The van der Waals surface area contributed by atoms with Crippen molar-refractivity contribution < 1.29 is 14.3 Å². The maximum absolute atomic E-state index is 12.6. The summed E-state index contributed by atoms with van der Waals surface area (Å²) in [5.41, 5.74) is 2.50. The predicted octanol–water partition coefficient (Wildman–Crippen LogP) is 3.21. The monoisotopic (exact) mass is 313 g/mol. The summed E-state index contributed by atoms with van der Waals surface area (Å²) in [4.78, 5) is 26.3. The molecule has 2 heterocycles. The first-order valence-corrected chi connectivity index (χ1v) is 8.19. The van der Waals surface area contributed by atoms with E-state index in [-0.39, 0.29) is 11.7 Å². The minimum atomic E-state index is -0.446. The van der Waals surface area contributed by atoms with Crippen LogP contribution in [0.25, 0.3) is 0 Å². The highest BCUT2D eigenvalue weighted by Crippen LogP contribution is 2.40. The Kier molecular flexibility index (Phi) is 4.00. The molecule has 0 radical (unpaired) electrons. The van der Waals surface area contributed by atoms with Gasteiger partial charge in [-0.2, -0.15) is 0 Å². The molecule has 0 atom stereocenters. The Morgan fingerprint density at radius 2 is 1.87 bits per heavy atom. The number of ether oxygens (including phenoxy) is 1. The van der Waals surface area contributed by atoms with E-state index in [1.807, 2.05) is 37.8 Å². The zero-order chi connectivity index (χ0) is 16.6. The number of likely N-dealkylation sites (tertiary alicyclic amines) is 1. The number of carbonyl (C=O) groups excluding carboxylic acids is 2. The van der Waals surface area contributed by atoms with Crippen LogP contribution < -0.4 is 4.74 Å². The first-order chi connectivity index (χ1) is 10.9. The van der Waals surface area contributed by atoms with Crippen LogP contribution in [0.1, 0.15) is 47.7 Å². The predicted molar refractivity (Wildman–Crippen MR) is 88.9 cm³/mol. The smallest absolute Gasteiger partial charge is 0.246 e. The van der Waals surface area contributed by atoms with Crippen molar-refractivity contribution in [1.29, 1.82) is 0 Å². The summed E-state index contributed by atoms with van der Waals surface area (Å²) in [5, 5.41) is 0. The van der Waals surface area contributed by atoms with Gasteiger partial charge in [-0.3, -0.25) is 9.59 Å². The van der Waals surface area contributed by atoms with Gasteiger partial charge in [-0.25, -0.2) is 0 Å². The van der Waals surface area contributed by atoms with E-state index in [4.69, 9.17) is 4.74 Å². The van der Waals surface area contributed by atoms with Gasteiger partial charge in [0.2, 0.25) is 5.91 Å². The number of allylic oxidation sites excluding steroid dienone is 1. The molecule has 0 unspecified atom stereocenters.